The molecule has 114 valence electrons. The maximum Gasteiger partial charge on any atom is 0.263 e. The Labute approximate surface area is 135 Å². The molecule has 2 aromatic heterocycles. The molecule has 1 atom stereocenters. The highest BCUT2D eigenvalue weighted by atomic mass is 32.1. The van der Waals surface area contributed by atoms with Gasteiger partial charge in [0.25, 0.3) is 5.91 Å². The first-order valence-electron chi connectivity index (χ1n) is 7.13. The van der Waals surface area contributed by atoms with E-state index in [0.29, 0.717) is 17.2 Å². The summed E-state index contributed by atoms with van der Waals surface area (Å²) < 4.78 is 1.03. The van der Waals surface area contributed by atoms with Crippen molar-refractivity contribution in [2.45, 2.75) is 13.0 Å². The number of nitrogens with one attached hydrogen (secondary N) is 2. The summed E-state index contributed by atoms with van der Waals surface area (Å²) in [6.45, 7) is 2.64. The molecule has 0 saturated carbocycles. The molecule has 0 bridgehead atoms. The van der Waals surface area contributed by atoms with Gasteiger partial charge in [-0.05, 0) is 35.8 Å². The third-order valence-corrected chi connectivity index (χ3v) is 4.98. The Morgan fingerprint density at radius 1 is 1.39 bits per heavy atom. The first-order valence-corrected chi connectivity index (χ1v) is 7.95. The highest BCUT2D eigenvalue weighted by Crippen LogP contribution is 2.41. The fourth-order valence-corrected chi connectivity index (χ4v) is 3.91. The SMILES string of the molecule is C[C@@H]1CNc2c(sc3ccc4nc(N=[N+]=[N-])ccc4c23)C(=O)N1. The van der Waals surface area contributed by atoms with E-state index in [1.807, 2.05) is 25.1 Å². The summed E-state index contributed by atoms with van der Waals surface area (Å²) in [6, 6.07) is 7.47. The maximum atomic E-state index is 12.3. The van der Waals surface area contributed by atoms with E-state index in [1.165, 1.54) is 11.3 Å². The predicted molar refractivity (Wildman–Crippen MR) is 91.3 cm³/mol. The number of carbonyl (C=O) groups excluding carboxylic acids is 1. The van der Waals surface area contributed by atoms with Crippen LogP contribution in [0.3, 0.4) is 0 Å². The molecule has 1 aliphatic heterocycles. The smallest absolute Gasteiger partial charge is 0.263 e. The normalized spacial score (nSPS) is 17.1. The number of benzene rings is 1. The minimum absolute atomic E-state index is 0.0505. The molecule has 1 amide bonds. The number of azide groups is 1. The number of aromatic nitrogens is 1. The number of hydrogen-bond donors (Lipinski definition) is 2. The molecule has 0 aliphatic carbocycles. The standard InChI is InChI=1S/C15H12N6OS/c1-7-6-17-13-12-8-2-5-11(20-21-16)19-9(8)3-4-10(12)23-14(13)15(22)18-7/h2-5,7,17H,6H2,1H3,(H,18,22)/t7-/m1/s1. The number of anilines is 1. The Morgan fingerprint density at radius 2 is 2.26 bits per heavy atom. The van der Waals surface area contributed by atoms with Gasteiger partial charge >= 0.3 is 0 Å². The number of pyridine rings is 1. The third-order valence-electron chi connectivity index (χ3n) is 3.82. The summed E-state index contributed by atoms with van der Waals surface area (Å²) in [5, 5.41) is 11.8. The first-order chi connectivity index (χ1) is 11.2. The van der Waals surface area contributed by atoms with Crippen LogP contribution in [0, 0.1) is 0 Å². The van der Waals surface area contributed by atoms with Gasteiger partial charge in [0.05, 0.1) is 11.2 Å². The predicted octanol–water partition coefficient (Wildman–Crippen LogP) is 3.94. The van der Waals surface area contributed by atoms with Gasteiger partial charge in [-0.2, -0.15) is 0 Å². The van der Waals surface area contributed by atoms with Crippen molar-refractivity contribution < 1.29 is 4.79 Å². The Kier molecular flexibility index (Phi) is 3.07. The van der Waals surface area contributed by atoms with Gasteiger partial charge in [-0.15, -0.1) is 11.3 Å². The first kappa shape index (κ1) is 13.8. The molecule has 23 heavy (non-hydrogen) atoms. The summed E-state index contributed by atoms with van der Waals surface area (Å²) in [5.74, 6) is 0.283. The van der Waals surface area contributed by atoms with Crippen LogP contribution in [0.15, 0.2) is 29.4 Å². The second kappa shape index (κ2) is 5.12. The van der Waals surface area contributed by atoms with E-state index in [2.05, 4.69) is 25.6 Å². The van der Waals surface area contributed by atoms with Crippen LogP contribution in [-0.2, 0) is 0 Å². The molecule has 4 rings (SSSR count). The average molecular weight is 324 g/mol. The summed E-state index contributed by atoms with van der Waals surface area (Å²) in [5.41, 5.74) is 10.1. The molecule has 8 heteroatoms. The second-order valence-corrected chi connectivity index (χ2v) is 6.48. The Morgan fingerprint density at radius 3 is 3.09 bits per heavy atom. The van der Waals surface area contributed by atoms with E-state index >= 15 is 0 Å². The minimum atomic E-state index is -0.0505. The van der Waals surface area contributed by atoms with Crippen molar-refractivity contribution in [1.29, 1.82) is 0 Å². The molecule has 0 saturated heterocycles. The molecule has 3 heterocycles. The Bertz CT molecular complexity index is 1000. The number of amides is 1. The molecule has 0 radical (unpaired) electrons. The van der Waals surface area contributed by atoms with Crippen LogP contribution in [-0.4, -0.2) is 23.5 Å². The number of nitrogens with zero attached hydrogens (tertiary/aromatic N) is 4. The highest BCUT2D eigenvalue weighted by molar-refractivity contribution is 7.21. The minimum Gasteiger partial charge on any atom is -0.381 e. The van der Waals surface area contributed by atoms with Crippen LogP contribution in [0.1, 0.15) is 16.6 Å². The fraction of sp³-hybridized carbons (Fsp3) is 0.200. The van der Waals surface area contributed by atoms with Crippen LogP contribution in [0.5, 0.6) is 0 Å². The van der Waals surface area contributed by atoms with Gasteiger partial charge in [0.15, 0.2) is 0 Å². The molecule has 2 N–H and O–H groups in total. The topological polar surface area (TPSA) is 103 Å². The number of hydrogen-bond acceptors (Lipinski definition) is 5. The van der Waals surface area contributed by atoms with E-state index in [4.69, 9.17) is 5.53 Å². The molecule has 0 fully saturated rings. The van der Waals surface area contributed by atoms with Crippen LogP contribution < -0.4 is 10.6 Å². The van der Waals surface area contributed by atoms with E-state index in [9.17, 15) is 4.79 Å². The second-order valence-electron chi connectivity index (χ2n) is 5.43. The monoisotopic (exact) mass is 324 g/mol. The molecule has 7 nitrogen and oxygen atoms in total. The third kappa shape index (κ3) is 2.16. The van der Waals surface area contributed by atoms with E-state index in [0.717, 1.165) is 26.7 Å². The average Bonchev–Trinajstić information content (AvgIpc) is 2.85. The largest absolute Gasteiger partial charge is 0.381 e. The number of rotatable bonds is 1. The zero-order chi connectivity index (χ0) is 16.0. The molecular weight excluding hydrogens is 312 g/mol. The van der Waals surface area contributed by atoms with Gasteiger partial charge in [0.1, 0.15) is 10.7 Å². The Balaban J connectivity index is 2.02. The molecule has 1 aliphatic rings. The zero-order valence-corrected chi connectivity index (χ0v) is 13.0. The van der Waals surface area contributed by atoms with Crippen molar-refractivity contribution in [3.8, 4) is 0 Å². The highest BCUT2D eigenvalue weighted by Gasteiger charge is 2.24. The number of fused-ring (bicyclic) bond motifs is 5. The van der Waals surface area contributed by atoms with Crippen molar-refractivity contribution in [2.75, 3.05) is 11.9 Å². The van der Waals surface area contributed by atoms with Crippen molar-refractivity contribution in [2.24, 2.45) is 5.11 Å². The van der Waals surface area contributed by atoms with Gasteiger partial charge in [-0.25, -0.2) is 4.98 Å². The molecule has 0 unspecified atom stereocenters. The maximum absolute atomic E-state index is 12.3. The van der Waals surface area contributed by atoms with Gasteiger partial charge in [0, 0.05) is 33.0 Å². The quantitative estimate of drug-likeness (QED) is 0.402. The van der Waals surface area contributed by atoms with Crippen LogP contribution in [0.25, 0.3) is 31.4 Å². The van der Waals surface area contributed by atoms with Crippen LogP contribution >= 0.6 is 11.3 Å². The van der Waals surface area contributed by atoms with Gasteiger partial charge in [-0.1, -0.05) is 6.07 Å². The lowest BCUT2D eigenvalue weighted by Crippen LogP contribution is -2.34. The fourth-order valence-electron chi connectivity index (χ4n) is 2.82. The van der Waals surface area contributed by atoms with Crippen molar-refractivity contribution in [3.05, 3.63) is 39.6 Å². The van der Waals surface area contributed by atoms with E-state index in [-0.39, 0.29) is 11.9 Å². The summed E-state index contributed by atoms with van der Waals surface area (Å²) in [6.07, 6.45) is 0. The number of thiophene rings is 1. The lowest BCUT2D eigenvalue weighted by Gasteiger charge is -2.10. The Hall–Kier alpha value is -2.83. The van der Waals surface area contributed by atoms with Gasteiger partial charge in [0.2, 0.25) is 0 Å². The van der Waals surface area contributed by atoms with Gasteiger partial charge < -0.3 is 10.6 Å². The zero-order valence-electron chi connectivity index (χ0n) is 12.2. The summed E-state index contributed by atoms with van der Waals surface area (Å²) in [7, 11) is 0. The lowest BCUT2D eigenvalue weighted by molar-refractivity contribution is 0.0949. The van der Waals surface area contributed by atoms with Gasteiger partial charge in [-0.3, -0.25) is 4.79 Å². The lowest BCUT2D eigenvalue weighted by atomic mass is 10.1. The van der Waals surface area contributed by atoms with Crippen LogP contribution in [0.4, 0.5) is 11.5 Å². The molecular formula is C15H12N6OS. The van der Waals surface area contributed by atoms with Crippen molar-refractivity contribution in [1.82, 2.24) is 10.3 Å². The molecule has 3 aromatic rings. The van der Waals surface area contributed by atoms with E-state index in [1.54, 1.807) is 6.07 Å². The van der Waals surface area contributed by atoms with Crippen molar-refractivity contribution >= 4 is 49.7 Å². The number of carbonyl (C=O) groups is 1. The summed E-state index contributed by atoms with van der Waals surface area (Å²) in [4.78, 5) is 20.2. The van der Waals surface area contributed by atoms with E-state index < -0.39 is 0 Å². The molecule has 1 aromatic carbocycles. The summed E-state index contributed by atoms with van der Waals surface area (Å²) >= 11 is 1.47. The molecule has 0 spiro atoms. The van der Waals surface area contributed by atoms with Crippen molar-refractivity contribution in [3.63, 3.8) is 0 Å². The van der Waals surface area contributed by atoms with Crippen LogP contribution in [0.2, 0.25) is 0 Å².